The minimum Gasteiger partial charge on any atom is -0.348 e. The van der Waals surface area contributed by atoms with Crippen molar-refractivity contribution in [2.75, 3.05) is 32.7 Å². The Hall–Kier alpha value is -1.88. The summed E-state index contributed by atoms with van der Waals surface area (Å²) in [6.07, 6.45) is 6.53. The van der Waals surface area contributed by atoms with Gasteiger partial charge in [-0.3, -0.25) is 14.5 Å². The first-order valence-electron chi connectivity index (χ1n) is 10.5. The van der Waals surface area contributed by atoms with E-state index in [9.17, 15) is 9.59 Å². The van der Waals surface area contributed by atoms with Crippen molar-refractivity contribution in [3.8, 4) is 0 Å². The predicted octanol–water partition coefficient (Wildman–Crippen LogP) is 2.98. The Morgan fingerprint density at radius 2 is 1.63 bits per heavy atom. The van der Waals surface area contributed by atoms with E-state index in [2.05, 4.69) is 15.1 Å². The number of hydrogen-bond donors (Lipinski definition) is 1. The van der Waals surface area contributed by atoms with Crippen LogP contribution in [0.4, 0.5) is 0 Å². The van der Waals surface area contributed by atoms with Crippen LogP contribution in [0, 0.1) is 5.92 Å². The van der Waals surface area contributed by atoms with Gasteiger partial charge in [0.2, 0.25) is 11.8 Å². The lowest BCUT2D eigenvalue weighted by Crippen LogP contribution is -2.45. The van der Waals surface area contributed by atoms with Crippen LogP contribution in [0.5, 0.6) is 0 Å². The van der Waals surface area contributed by atoms with Gasteiger partial charge in [0.15, 0.2) is 0 Å². The highest BCUT2D eigenvalue weighted by Gasteiger charge is 2.29. The Morgan fingerprint density at radius 1 is 1.00 bits per heavy atom. The van der Waals surface area contributed by atoms with Crippen molar-refractivity contribution in [1.82, 2.24) is 15.1 Å². The van der Waals surface area contributed by atoms with E-state index in [-0.39, 0.29) is 17.9 Å². The quantitative estimate of drug-likeness (QED) is 0.866. The standard InChI is InChI=1S/C22H33N3O2/c1-18(19-9-5-4-6-10-19)23-21(26)17-24-15-11-20(12-16-24)22(27)25-13-7-2-3-8-14-25/h4-6,9-10,18,20H,2-3,7-8,11-17H2,1H3,(H,23,26). The first-order chi connectivity index (χ1) is 13.1. The zero-order valence-corrected chi connectivity index (χ0v) is 16.5. The van der Waals surface area contributed by atoms with E-state index in [1.165, 1.54) is 12.8 Å². The van der Waals surface area contributed by atoms with Crippen LogP contribution in [0.2, 0.25) is 0 Å². The maximum absolute atomic E-state index is 12.8. The number of hydrogen-bond acceptors (Lipinski definition) is 3. The van der Waals surface area contributed by atoms with E-state index >= 15 is 0 Å². The van der Waals surface area contributed by atoms with E-state index in [1.807, 2.05) is 37.3 Å². The van der Waals surface area contributed by atoms with Gasteiger partial charge in [-0.25, -0.2) is 0 Å². The molecule has 1 unspecified atom stereocenters. The molecule has 5 nitrogen and oxygen atoms in total. The normalized spacial score (nSPS) is 20.7. The van der Waals surface area contributed by atoms with Gasteiger partial charge in [0.25, 0.3) is 0 Å². The number of rotatable bonds is 5. The Balaban J connectivity index is 1.41. The summed E-state index contributed by atoms with van der Waals surface area (Å²) in [6, 6.07) is 10.0. The molecule has 2 aliphatic rings. The summed E-state index contributed by atoms with van der Waals surface area (Å²) in [5, 5.41) is 3.08. The Labute approximate surface area is 163 Å². The zero-order valence-electron chi connectivity index (χ0n) is 16.5. The Kier molecular flexibility index (Phi) is 7.27. The molecule has 0 saturated carbocycles. The molecule has 0 radical (unpaired) electrons. The highest BCUT2D eigenvalue weighted by Crippen LogP contribution is 2.21. The van der Waals surface area contributed by atoms with Crippen LogP contribution >= 0.6 is 0 Å². The maximum Gasteiger partial charge on any atom is 0.234 e. The zero-order chi connectivity index (χ0) is 19.1. The first-order valence-corrected chi connectivity index (χ1v) is 10.5. The summed E-state index contributed by atoms with van der Waals surface area (Å²) in [4.78, 5) is 29.4. The van der Waals surface area contributed by atoms with Gasteiger partial charge in [-0.05, 0) is 51.3 Å². The average Bonchev–Trinajstić information content (AvgIpc) is 2.98. The van der Waals surface area contributed by atoms with E-state index < -0.39 is 0 Å². The number of amides is 2. The monoisotopic (exact) mass is 371 g/mol. The minimum absolute atomic E-state index is 0.0147. The van der Waals surface area contributed by atoms with Crippen LogP contribution in [0.1, 0.15) is 57.1 Å². The van der Waals surface area contributed by atoms with Gasteiger partial charge in [0.1, 0.15) is 0 Å². The van der Waals surface area contributed by atoms with Crippen molar-refractivity contribution in [3.63, 3.8) is 0 Å². The summed E-state index contributed by atoms with van der Waals surface area (Å²) in [5.74, 6) is 0.549. The van der Waals surface area contributed by atoms with Gasteiger partial charge in [-0.2, -0.15) is 0 Å². The number of carbonyl (C=O) groups excluding carboxylic acids is 2. The number of nitrogens with zero attached hydrogens (tertiary/aromatic N) is 2. The molecule has 2 saturated heterocycles. The van der Waals surface area contributed by atoms with Crippen molar-refractivity contribution < 1.29 is 9.59 Å². The average molecular weight is 372 g/mol. The Bertz CT molecular complexity index is 603. The van der Waals surface area contributed by atoms with Crippen molar-refractivity contribution in [1.29, 1.82) is 0 Å². The second kappa shape index (κ2) is 9.88. The molecule has 27 heavy (non-hydrogen) atoms. The summed E-state index contributed by atoms with van der Waals surface area (Å²) >= 11 is 0. The molecule has 2 amide bonds. The van der Waals surface area contributed by atoms with E-state index in [0.717, 1.165) is 57.4 Å². The molecule has 1 aromatic rings. The summed E-state index contributed by atoms with van der Waals surface area (Å²) in [6.45, 7) is 5.95. The molecule has 2 fully saturated rings. The molecule has 0 spiro atoms. The van der Waals surface area contributed by atoms with Gasteiger partial charge in [0, 0.05) is 19.0 Å². The van der Waals surface area contributed by atoms with E-state index in [0.29, 0.717) is 12.5 Å². The van der Waals surface area contributed by atoms with Crippen LogP contribution in [-0.4, -0.2) is 54.3 Å². The third kappa shape index (κ3) is 5.80. The van der Waals surface area contributed by atoms with Gasteiger partial charge < -0.3 is 10.2 Å². The molecule has 2 heterocycles. The number of likely N-dealkylation sites (tertiary alicyclic amines) is 2. The fourth-order valence-electron chi connectivity index (χ4n) is 4.20. The third-order valence-electron chi connectivity index (χ3n) is 5.90. The smallest absolute Gasteiger partial charge is 0.234 e. The molecule has 0 aromatic heterocycles. The molecule has 1 aromatic carbocycles. The Morgan fingerprint density at radius 3 is 2.26 bits per heavy atom. The number of piperidine rings is 1. The maximum atomic E-state index is 12.8. The summed E-state index contributed by atoms with van der Waals surface area (Å²) < 4.78 is 0. The molecule has 5 heteroatoms. The highest BCUT2D eigenvalue weighted by molar-refractivity contribution is 5.80. The fraction of sp³-hybridized carbons (Fsp3) is 0.636. The SMILES string of the molecule is CC(NC(=O)CN1CCC(C(=O)N2CCCCCC2)CC1)c1ccccc1. The number of benzene rings is 1. The molecule has 1 N–H and O–H groups in total. The van der Waals surface area contributed by atoms with Crippen LogP contribution in [0.3, 0.4) is 0 Å². The molecule has 148 valence electrons. The molecule has 0 bridgehead atoms. The van der Waals surface area contributed by atoms with Gasteiger partial charge in [-0.15, -0.1) is 0 Å². The summed E-state index contributed by atoms with van der Waals surface area (Å²) in [7, 11) is 0. The fourth-order valence-corrected chi connectivity index (χ4v) is 4.20. The van der Waals surface area contributed by atoms with E-state index in [4.69, 9.17) is 0 Å². The molecule has 3 rings (SSSR count). The van der Waals surface area contributed by atoms with Crippen molar-refractivity contribution in [2.24, 2.45) is 5.92 Å². The van der Waals surface area contributed by atoms with Gasteiger partial charge in [-0.1, -0.05) is 43.2 Å². The van der Waals surface area contributed by atoms with Crippen molar-refractivity contribution in [2.45, 2.75) is 51.5 Å². The lowest BCUT2D eigenvalue weighted by atomic mass is 9.95. The topological polar surface area (TPSA) is 52.7 Å². The second-order valence-corrected chi connectivity index (χ2v) is 7.99. The lowest BCUT2D eigenvalue weighted by Gasteiger charge is -2.33. The first kappa shape index (κ1) is 19.9. The molecule has 0 aliphatic carbocycles. The summed E-state index contributed by atoms with van der Waals surface area (Å²) in [5.41, 5.74) is 1.12. The molecular weight excluding hydrogens is 338 g/mol. The highest BCUT2D eigenvalue weighted by atomic mass is 16.2. The lowest BCUT2D eigenvalue weighted by molar-refractivity contribution is -0.137. The molecule has 1 atom stereocenters. The van der Waals surface area contributed by atoms with Crippen LogP contribution in [0.25, 0.3) is 0 Å². The van der Waals surface area contributed by atoms with Crippen LogP contribution in [-0.2, 0) is 9.59 Å². The van der Waals surface area contributed by atoms with Crippen molar-refractivity contribution in [3.05, 3.63) is 35.9 Å². The predicted molar refractivity (Wildman–Crippen MR) is 107 cm³/mol. The minimum atomic E-state index is 0.0147. The largest absolute Gasteiger partial charge is 0.348 e. The number of carbonyl (C=O) groups is 2. The van der Waals surface area contributed by atoms with Crippen LogP contribution < -0.4 is 5.32 Å². The van der Waals surface area contributed by atoms with E-state index in [1.54, 1.807) is 0 Å². The number of nitrogens with one attached hydrogen (secondary N) is 1. The van der Waals surface area contributed by atoms with Crippen LogP contribution in [0.15, 0.2) is 30.3 Å². The molecular formula is C22H33N3O2. The third-order valence-corrected chi connectivity index (χ3v) is 5.90. The molecule has 2 aliphatic heterocycles. The van der Waals surface area contributed by atoms with Gasteiger partial charge >= 0.3 is 0 Å². The van der Waals surface area contributed by atoms with Crippen molar-refractivity contribution >= 4 is 11.8 Å². The van der Waals surface area contributed by atoms with Gasteiger partial charge in [0.05, 0.1) is 12.6 Å². The second-order valence-electron chi connectivity index (χ2n) is 7.99.